The van der Waals surface area contributed by atoms with E-state index in [4.69, 9.17) is 0 Å². The van der Waals surface area contributed by atoms with E-state index < -0.39 is 0 Å². The molecule has 1 fully saturated rings. The second-order valence-electron chi connectivity index (χ2n) is 7.65. The molecule has 1 aromatic heterocycles. The number of rotatable bonds is 6. The number of hydrogen-bond donors (Lipinski definition) is 2. The number of halogens is 1. The predicted octanol–water partition coefficient (Wildman–Crippen LogP) is 4.38. The van der Waals surface area contributed by atoms with E-state index in [1.165, 1.54) is 6.42 Å². The highest BCUT2D eigenvalue weighted by Crippen LogP contribution is 2.17. The number of aromatic nitrogens is 1. The van der Waals surface area contributed by atoms with Gasteiger partial charge in [0.15, 0.2) is 5.96 Å². The van der Waals surface area contributed by atoms with Crippen molar-refractivity contribution in [2.75, 3.05) is 20.1 Å². The summed E-state index contributed by atoms with van der Waals surface area (Å²) in [7, 11) is 1.76. The highest BCUT2D eigenvalue weighted by molar-refractivity contribution is 14.0. The van der Waals surface area contributed by atoms with Crippen LogP contribution in [0.5, 0.6) is 0 Å². The zero-order valence-corrected chi connectivity index (χ0v) is 21.1. The van der Waals surface area contributed by atoms with E-state index >= 15 is 0 Å². The quantitative estimate of drug-likeness (QED) is 0.324. The summed E-state index contributed by atoms with van der Waals surface area (Å²) in [4.78, 5) is 23.6. The highest BCUT2D eigenvalue weighted by atomic mass is 127. The Balaban J connectivity index is 0.00000320. The van der Waals surface area contributed by atoms with Gasteiger partial charge in [0, 0.05) is 37.6 Å². The van der Waals surface area contributed by atoms with Crippen LogP contribution in [-0.2, 0) is 13.1 Å². The van der Waals surface area contributed by atoms with Gasteiger partial charge in [0.05, 0.1) is 12.2 Å². The van der Waals surface area contributed by atoms with Gasteiger partial charge in [0.25, 0.3) is 5.91 Å². The fourth-order valence-electron chi connectivity index (χ4n) is 3.33. The predicted molar refractivity (Wildman–Crippen MR) is 135 cm³/mol. The molecule has 164 valence electrons. The first-order valence-electron chi connectivity index (χ1n) is 10.3. The van der Waals surface area contributed by atoms with Gasteiger partial charge in [-0.15, -0.1) is 35.3 Å². The number of aliphatic imine (C=N–C) groups is 1. The first-order chi connectivity index (χ1) is 14.1. The van der Waals surface area contributed by atoms with Crippen molar-refractivity contribution in [3.05, 3.63) is 51.5 Å². The first kappa shape index (κ1) is 24.6. The molecule has 3 rings (SSSR count). The van der Waals surface area contributed by atoms with Crippen molar-refractivity contribution in [1.29, 1.82) is 0 Å². The number of hydrogen-bond acceptors (Lipinski definition) is 4. The lowest BCUT2D eigenvalue weighted by atomic mass is 10.1. The standard InChI is InChI=1S/C22H31N5OS.HI/c1-16(2)19-15-29-20(26-19)14-25-22(23-3)24-13-17-8-7-9-18(12-17)21(28)27-10-5-4-6-11-27;/h7-9,12,15-16H,4-6,10-11,13-14H2,1-3H3,(H2,23,24,25);1H. The Morgan fingerprint density at radius 1 is 1.20 bits per heavy atom. The summed E-state index contributed by atoms with van der Waals surface area (Å²) < 4.78 is 0. The molecule has 1 aliphatic heterocycles. The van der Waals surface area contributed by atoms with Crippen molar-refractivity contribution in [2.45, 2.75) is 52.1 Å². The fraction of sp³-hybridized carbons (Fsp3) is 0.500. The van der Waals surface area contributed by atoms with Crippen LogP contribution in [0.2, 0.25) is 0 Å². The van der Waals surface area contributed by atoms with Gasteiger partial charge >= 0.3 is 0 Å². The lowest BCUT2D eigenvalue weighted by molar-refractivity contribution is 0.0724. The molecule has 30 heavy (non-hydrogen) atoms. The Morgan fingerprint density at radius 3 is 2.60 bits per heavy atom. The van der Waals surface area contributed by atoms with Gasteiger partial charge in [0.2, 0.25) is 0 Å². The van der Waals surface area contributed by atoms with E-state index in [0.717, 1.165) is 53.7 Å². The van der Waals surface area contributed by atoms with Crippen molar-refractivity contribution in [3.63, 3.8) is 0 Å². The normalized spacial score (nSPS) is 14.4. The van der Waals surface area contributed by atoms with Gasteiger partial charge in [-0.1, -0.05) is 26.0 Å². The molecule has 0 saturated carbocycles. The van der Waals surface area contributed by atoms with Crippen molar-refractivity contribution in [1.82, 2.24) is 20.5 Å². The van der Waals surface area contributed by atoms with Crippen LogP contribution < -0.4 is 10.6 Å². The Kier molecular flexibility index (Phi) is 10.0. The van der Waals surface area contributed by atoms with Gasteiger partial charge in [-0.2, -0.15) is 0 Å². The zero-order valence-electron chi connectivity index (χ0n) is 18.0. The molecule has 2 aromatic rings. The maximum atomic E-state index is 12.7. The molecule has 0 atom stereocenters. The minimum absolute atomic E-state index is 0. The molecule has 0 aliphatic carbocycles. The molecule has 1 aliphatic rings. The number of nitrogens with one attached hydrogen (secondary N) is 2. The van der Waals surface area contributed by atoms with Crippen molar-refractivity contribution in [3.8, 4) is 0 Å². The SMILES string of the molecule is CN=C(NCc1cccc(C(=O)N2CCCCC2)c1)NCc1nc(C(C)C)cs1.I. The summed E-state index contributed by atoms with van der Waals surface area (Å²) in [6.07, 6.45) is 3.43. The van der Waals surface area contributed by atoms with Crippen LogP contribution in [0.1, 0.15) is 65.7 Å². The molecular formula is C22H32IN5OS. The summed E-state index contributed by atoms with van der Waals surface area (Å²) in [5.41, 5.74) is 2.95. The number of nitrogens with zero attached hydrogens (tertiary/aromatic N) is 3. The molecule has 2 heterocycles. The number of likely N-dealkylation sites (tertiary alicyclic amines) is 1. The average Bonchev–Trinajstić information content (AvgIpc) is 3.24. The van der Waals surface area contributed by atoms with Gasteiger partial charge in [-0.3, -0.25) is 9.79 Å². The zero-order chi connectivity index (χ0) is 20.6. The van der Waals surface area contributed by atoms with Gasteiger partial charge in [-0.25, -0.2) is 4.98 Å². The largest absolute Gasteiger partial charge is 0.352 e. The number of carbonyl (C=O) groups is 1. The maximum absolute atomic E-state index is 12.7. The van der Waals surface area contributed by atoms with Gasteiger partial charge in [0.1, 0.15) is 5.01 Å². The Labute approximate surface area is 200 Å². The monoisotopic (exact) mass is 541 g/mol. The fourth-order valence-corrected chi connectivity index (χ4v) is 4.23. The van der Waals surface area contributed by atoms with Crippen molar-refractivity contribution >= 4 is 47.2 Å². The Morgan fingerprint density at radius 2 is 1.93 bits per heavy atom. The molecule has 0 bridgehead atoms. The molecule has 6 nitrogen and oxygen atoms in total. The second-order valence-corrected chi connectivity index (χ2v) is 8.60. The molecule has 0 radical (unpaired) electrons. The summed E-state index contributed by atoms with van der Waals surface area (Å²) in [5, 5.41) is 9.79. The molecule has 1 saturated heterocycles. The third-order valence-corrected chi connectivity index (χ3v) is 5.94. The lowest BCUT2D eigenvalue weighted by Gasteiger charge is -2.26. The first-order valence-corrected chi connectivity index (χ1v) is 11.2. The number of amides is 1. The lowest BCUT2D eigenvalue weighted by Crippen LogP contribution is -2.37. The van der Waals surface area contributed by atoms with Crippen molar-refractivity contribution < 1.29 is 4.79 Å². The van der Waals surface area contributed by atoms with Gasteiger partial charge < -0.3 is 15.5 Å². The topological polar surface area (TPSA) is 69.6 Å². The number of guanidine groups is 1. The molecule has 1 amide bonds. The van der Waals surface area contributed by atoms with Crippen LogP contribution in [0.3, 0.4) is 0 Å². The van der Waals surface area contributed by atoms with E-state index in [2.05, 4.69) is 39.8 Å². The summed E-state index contributed by atoms with van der Waals surface area (Å²) >= 11 is 1.66. The van der Waals surface area contributed by atoms with Crippen LogP contribution in [0.4, 0.5) is 0 Å². The summed E-state index contributed by atoms with van der Waals surface area (Å²) in [5.74, 6) is 1.30. The molecular weight excluding hydrogens is 509 g/mol. The maximum Gasteiger partial charge on any atom is 0.253 e. The van der Waals surface area contributed by atoms with E-state index in [1.807, 2.05) is 29.2 Å². The minimum Gasteiger partial charge on any atom is -0.352 e. The summed E-state index contributed by atoms with van der Waals surface area (Å²) in [6.45, 7) is 7.29. The smallest absolute Gasteiger partial charge is 0.253 e. The number of benzene rings is 1. The second kappa shape index (κ2) is 12.2. The van der Waals surface area contributed by atoms with E-state index in [9.17, 15) is 4.79 Å². The molecule has 0 spiro atoms. The van der Waals surface area contributed by atoms with E-state index in [0.29, 0.717) is 19.0 Å². The van der Waals surface area contributed by atoms with Crippen LogP contribution in [0, 0.1) is 0 Å². The molecule has 0 unspecified atom stereocenters. The number of carbonyl (C=O) groups excluding carboxylic acids is 1. The molecule has 8 heteroatoms. The average molecular weight is 542 g/mol. The molecule has 1 aromatic carbocycles. The Bertz CT molecular complexity index is 846. The third kappa shape index (κ3) is 6.94. The van der Waals surface area contributed by atoms with Crippen LogP contribution in [0.25, 0.3) is 0 Å². The number of thiazole rings is 1. The van der Waals surface area contributed by atoms with Gasteiger partial charge in [-0.05, 0) is 42.9 Å². The summed E-state index contributed by atoms with van der Waals surface area (Å²) in [6, 6.07) is 7.87. The van der Waals surface area contributed by atoms with Crippen LogP contribution >= 0.6 is 35.3 Å². The highest BCUT2D eigenvalue weighted by Gasteiger charge is 2.18. The van der Waals surface area contributed by atoms with Crippen LogP contribution in [0.15, 0.2) is 34.6 Å². The van der Waals surface area contributed by atoms with Crippen molar-refractivity contribution in [2.24, 2.45) is 4.99 Å². The minimum atomic E-state index is 0. The van der Waals surface area contributed by atoms with E-state index in [1.54, 1.807) is 18.4 Å². The number of piperidine rings is 1. The molecule has 2 N–H and O–H groups in total. The third-order valence-electron chi connectivity index (χ3n) is 5.07. The van der Waals surface area contributed by atoms with Crippen LogP contribution in [-0.4, -0.2) is 41.9 Å². The van der Waals surface area contributed by atoms with E-state index in [-0.39, 0.29) is 29.9 Å². The Hall–Kier alpha value is -1.68.